The molecular formula is C31H45N3O6S. The maximum atomic E-state index is 12.4. The third-order valence-corrected chi connectivity index (χ3v) is 11.4. The van der Waals surface area contributed by atoms with Gasteiger partial charge in [-0.25, -0.2) is 4.79 Å². The summed E-state index contributed by atoms with van der Waals surface area (Å²) in [5.41, 5.74) is 1.09. The van der Waals surface area contributed by atoms with Gasteiger partial charge in [0, 0.05) is 5.41 Å². The van der Waals surface area contributed by atoms with Crippen LogP contribution in [0, 0.1) is 40.9 Å². The van der Waals surface area contributed by atoms with Crippen LogP contribution in [0.4, 0.5) is 0 Å². The van der Waals surface area contributed by atoms with E-state index in [2.05, 4.69) is 41.6 Å². The SMILES string of the molecule is C#C[C@]1(O)CC[C@@H]2[C@@H]3CCC4=C/C(=N/OCC(=O)N[C@@H](C)C(=O)N[C@H](CCSC)C(=O)O)CC[C@]4(C)[C@@H]3CC[C@@]21C. The van der Waals surface area contributed by atoms with Crippen molar-refractivity contribution in [3.63, 3.8) is 0 Å². The summed E-state index contributed by atoms with van der Waals surface area (Å²) in [6, 6.07) is -1.91. The van der Waals surface area contributed by atoms with E-state index in [1.54, 1.807) is 0 Å². The number of amides is 2. The number of hydrogen-bond acceptors (Lipinski definition) is 7. The van der Waals surface area contributed by atoms with E-state index in [9.17, 15) is 24.6 Å². The van der Waals surface area contributed by atoms with Gasteiger partial charge in [-0.2, -0.15) is 11.8 Å². The molecule has 3 saturated carbocycles. The van der Waals surface area contributed by atoms with E-state index in [0.717, 1.165) is 50.7 Å². The van der Waals surface area contributed by atoms with Gasteiger partial charge in [-0.3, -0.25) is 9.59 Å². The van der Waals surface area contributed by atoms with Crippen LogP contribution in [0.25, 0.3) is 0 Å². The number of carboxylic acid groups (broad SMARTS) is 1. The molecule has 4 aliphatic carbocycles. The molecule has 0 aromatic heterocycles. The molecule has 0 heterocycles. The Balaban J connectivity index is 1.31. The van der Waals surface area contributed by atoms with Crippen molar-refractivity contribution in [3.8, 4) is 12.3 Å². The molecular weight excluding hydrogens is 542 g/mol. The molecule has 4 aliphatic rings. The van der Waals surface area contributed by atoms with Crippen molar-refractivity contribution in [1.29, 1.82) is 0 Å². The van der Waals surface area contributed by atoms with Crippen LogP contribution in [0.5, 0.6) is 0 Å². The Labute approximate surface area is 247 Å². The van der Waals surface area contributed by atoms with Crippen molar-refractivity contribution in [1.82, 2.24) is 10.6 Å². The van der Waals surface area contributed by atoms with Crippen molar-refractivity contribution in [2.24, 2.45) is 33.7 Å². The molecule has 4 rings (SSSR count). The lowest BCUT2D eigenvalue weighted by Crippen LogP contribution is -2.54. The first-order valence-corrected chi connectivity index (χ1v) is 16.2. The molecule has 0 aliphatic heterocycles. The second-order valence-corrected chi connectivity index (χ2v) is 13.8. The van der Waals surface area contributed by atoms with E-state index in [4.69, 9.17) is 11.3 Å². The summed E-state index contributed by atoms with van der Waals surface area (Å²) in [6.07, 6.45) is 17.6. The fourth-order valence-corrected chi connectivity index (χ4v) is 8.68. The van der Waals surface area contributed by atoms with Crippen LogP contribution in [0.1, 0.15) is 78.6 Å². The fraction of sp³-hybridized carbons (Fsp3) is 0.742. The Morgan fingerprint density at radius 1 is 1.17 bits per heavy atom. The van der Waals surface area contributed by atoms with E-state index in [1.807, 2.05) is 6.26 Å². The van der Waals surface area contributed by atoms with Crippen LogP contribution in [0.15, 0.2) is 16.8 Å². The number of allylic oxidation sites excluding steroid dienone is 2. The van der Waals surface area contributed by atoms with Crippen LogP contribution in [-0.4, -0.2) is 70.0 Å². The minimum absolute atomic E-state index is 0.0872. The summed E-state index contributed by atoms with van der Waals surface area (Å²) >= 11 is 1.50. The molecule has 2 amide bonds. The third kappa shape index (κ3) is 6.03. The lowest BCUT2D eigenvalue weighted by molar-refractivity contribution is -0.142. The topological polar surface area (TPSA) is 137 Å². The number of carboxylic acids is 1. The minimum atomic E-state index is -1.10. The lowest BCUT2D eigenvalue weighted by Gasteiger charge is -2.58. The van der Waals surface area contributed by atoms with Gasteiger partial charge in [0.2, 0.25) is 5.91 Å². The Bertz CT molecular complexity index is 1150. The first kappa shape index (κ1) is 31.4. The molecule has 0 spiro atoms. The number of aliphatic carboxylic acids is 1. The molecule has 9 nitrogen and oxygen atoms in total. The monoisotopic (exact) mass is 587 g/mol. The van der Waals surface area contributed by atoms with Crippen LogP contribution in [0.2, 0.25) is 0 Å². The molecule has 0 bridgehead atoms. The van der Waals surface area contributed by atoms with Gasteiger partial charge < -0.3 is 25.7 Å². The first-order chi connectivity index (χ1) is 19.4. The lowest BCUT2D eigenvalue weighted by atomic mass is 9.46. The quantitative estimate of drug-likeness (QED) is 0.227. The minimum Gasteiger partial charge on any atom is -0.480 e. The van der Waals surface area contributed by atoms with E-state index in [0.29, 0.717) is 36.3 Å². The number of oxime groups is 1. The summed E-state index contributed by atoms with van der Waals surface area (Å²) < 4.78 is 0. The average Bonchev–Trinajstić information content (AvgIpc) is 3.21. The molecule has 10 heteroatoms. The Hall–Kier alpha value is -2.51. The number of nitrogens with zero attached hydrogens (tertiary/aromatic N) is 1. The normalized spacial score (nSPS) is 36.4. The van der Waals surface area contributed by atoms with E-state index in [1.165, 1.54) is 24.3 Å². The molecule has 3 fully saturated rings. The van der Waals surface area contributed by atoms with Crippen LogP contribution >= 0.6 is 11.8 Å². The maximum absolute atomic E-state index is 12.4. The molecule has 8 atom stereocenters. The zero-order valence-corrected chi connectivity index (χ0v) is 25.5. The van der Waals surface area contributed by atoms with Crippen LogP contribution in [-0.2, 0) is 19.2 Å². The van der Waals surface area contributed by atoms with Crippen LogP contribution < -0.4 is 10.6 Å². The smallest absolute Gasteiger partial charge is 0.326 e. The number of carbonyl (C=O) groups is 3. The second-order valence-electron chi connectivity index (χ2n) is 12.8. The fourth-order valence-electron chi connectivity index (χ4n) is 8.21. The molecule has 4 N–H and O–H groups in total. The number of nitrogens with one attached hydrogen (secondary N) is 2. The summed E-state index contributed by atoms with van der Waals surface area (Å²) in [7, 11) is 0. The number of aliphatic hydroxyl groups is 1. The molecule has 0 aromatic rings. The first-order valence-electron chi connectivity index (χ1n) is 14.8. The van der Waals surface area contributed by atoms with E-state index in [-0.39, 0.29) is 17.4 Å². The van der Waals surface area contributed by atoms with Gasteiger partial charge >= 0.3 is 5.97 Å². The largest absolute Gasteiger partial charge is 0.480 e. The van der Waals surface area contributed by atoms with Gasteiger partial charge in [0.15, 0.2) is 6.61 Å². The number of fused-ring (bicyclic) bond motifs is 5. The third-order valence-electron chi connectivity index (χ3n) is 10.7. The number of carbonyl (C=O) groups excluding carboxylic acids is 2. The number of hydrogen-bond donors (Lipinski definition) is 4. The Morgan fingerprint density at radius 2 is 1.90 bits per heavy atom. The molecule has 226 valence electrons. The predicted octanol–water partition coefficient (Wildman–Crippen LogP) is 3.51. The number of terminal acetylenes is 1. The van der Waals surface area contributed by atoms with Gasteiger partial charge in [0.05, 0.1) is 5.71 Å². The number of thioether (sulfide) groups is 1. The maximum Gasteiger partial charge on any atom is 0.326 e. The van der Waals surface area contributed by atoms with E-state index >= 15 is 0 Å². The molecule has 41 heavy (non-hydrogen) atoms. The van der Waals surface area contributed by atoms with Gasteiger partial charge in [-0.05, 0) is 106 Å². The highest BCUT2D eigenvalue weighted by Crippen LogP contribution is 2.67. The van der Waals surface area contributed by atoms with E-state index < -0.39 is 35.5 Å². The highest BCUT2D eigenvalue weighted by molar-refractivity contribution is 7.98. The van der Waals surface area contributed by atoms with Crippen molar-refractivity contribution in [3.05, 3.63) is 11.6 Å². The molecule has 0 saturated heterocycles. The summed E-state index contributed by atoms with van der Waals surface area (Å²) in [4.78, 5) is 41.5. The molecule has 0 radical (unpaired) electrons. The number of rotatable bonds is 10. The Morgan fingerprint density at radius 3 is 2.59 bits per heavy atom. The van der Waals surface area contributed by atoms with Crippen molar-refractivity contribution in [2.75, 3.05) is 18.6 Å². The van der Waals surface area contributed by atoms with Gasteiger partial charge in [-0.15, -0.1) is 6.42 Å². The van der Waals surface area contributed by atoms with Crippen LogP contribution in [0.3, 0.4) is 0 Å². The zero-order chi connectivity index (χ0) is 30.0. The highest BCUT2D eigenvalue weighted by Gasteiger charge is 2.63. The average molecular weight is 588 g/mol. The Kier molecular flexibility index (Phi) is 9.49. The standard InChI is InChI=1S/C31H45N3O6S/c1-6-31(39)15-11-24-22-8-7-20-17-21(9-13-29(20,3)23(22)10-14-30(24,31)4)34-40-18-26(35)32-19(2)27(36)33-25(28(37)38)12-16-41-5/h1,17,19,22-25,39H,7-16,18H2,2-5H3,(H,32,35)(H,33,36)(H,37,38)/b34-21+/t19-,22+,23+,24+,25+,29-,30-,31-/m0/s1. The highest BCUT2D eigenvalue weighted by atomic mass is 32.2. The summed E-state index contributed by atoms with van der Waals surface area (Å²) in [5.74, 6) is 2.75. The van der Waals surface area contributed by atoms with Crippen molar-refractivity contribution >= 4 is 35.3 Å². The zero-order valence-electron chi connectivity index (χ0n) is 24.7. The summed E-state index contributed by atoms with van der Waals surface area (Å²) in [6.45, 7) is 5.76. The molecule has 0 aromatic carbocycles. The van der Waals surface area contributed by atoms with Crippen molar-refractivity contribution in [2.45, 2.75) is 96.2 Å². The van der Waals surface area contributed by atoms with Gasteiger partial charge in [0.25, 0.3) is 5.91 Å². The van der Waals surface area contributed by atoms with Gasteiger partial charge in [-0.1, -0.05) is 30.5 Å². The van der Waals surface area contributed by atoms with Gasteiger partial charge in [0.1, 0.15) is 17.7 Å². The molecule has 0 unspecified atom stereocenters. The second kappa shape index (κ2) is 12.4. The van der Waals surface area contributed by atoms with Crippen molar-refractivity contribution < 1.29 is 29.4 Å². The predicted molar refractivity (Wildman–Crippen MR) is 159 cm³/mol. The summed E-state index contributed by atoms with van der Waals surface area (Å²) in [5, 5.41) is 29.8.